The molecule has 0 fully saturated rings. The zero-order valence-electron chi connectivity index (χ0n) is 13.8. The van der Waals surface area contributed by atoms with Gasteiger partial charge in [-0.1, -0.05) is 30.3 Å². The minimum Gasteiger partial charge on any atom is -0.472 e. The Morgan fingerprint density at radius 1 is 1.21 bits per heavy atom. The number of carbonyl (C=O) groups excluding carboxylic acids is 2. The Labute approximate surface area is 141 Å². The van der Waals surface area contributed by atoms with Gasteiger partial charge in [-0.25, -0.2) is 0 Å². The van der Waals surface area contributed by atoms with Crippen molar-refractivity contribution in [2.75, 3.05) is 19.6 Å². The molecule has 1 unspecified atom stereocenters. The molecule has 0 spiro atoms. The zero-order valence-corrected chi connectivity index (χ0v) is 13.8. The summed E-state index contributed by atoms with van der Waals surface area (Å²) in [6.45, 7) is 3.07. The van der Waals surface area contributed by atoms with Crippen LogP contribution in [0.3, 0.4) is 0 Å². The van der Waals surface area contributed by atoms with Crippen LogP contribution in [0, 0.1) is 0 Å². The summed E-state index contributed by atoms with van der Waals surface area (Å²) < 4.78 is 4.88. The van der Waals surface area contributed by atoms with E-state index in [0.29, 0.717) is 25.2 Å². The number of rotatable bonds is 8. The third-order valence-electron chi connectivity index (χ3n) is 3.73. The van der Waals surface area contributed by atoms with Crippen LogP contribution in [0.2, 0.25) is 0 Å². The van der Waals surface area contributed by atoms with Crippen LogP contribution in [0.5, 0.6) is 0 Å². The highest BCUT2D eigenvalue weighted by Gasteiger charge is 2.22. The maximum absolute atomic E-state index is 12.6. The highest BCUT2D eigenvalue weighted by atomic mass is 16.3. The van der Waals surface area contributed by atoms with Crippen LogP contribution in [-0.4, -0.2) is 42.4 Å². The molecule has 0 saturated heterocycles. The van der Waals surface area contributed by atoms with E-state index in [9.17, 15) is 9.59 Å². The highest BCUT2D eigenvalue weighted by molar-refractivity contribution is 5.97. The second-order valence-corrected chi connectivity index (χ2v) is 5.56. The third kappa shape index (κ3) is 4.96. The number of nitrogens with two attached hydrogens (primary N) is 1. The van der Waals surface area contributed by atoms with E-state index in [-0.39, 0.29) is 11.8 Å². The van der Waals surface area contributed by atoms with Crippen molar-refractivity contribution in [3.63, 3.8) is 0 Å². The molecule has 0 radical (unpaired) electrons. The van der Waals surface area contributed by atoms with Gasteiger partial charge in [0.05, 0.1) is 11.8 Å². The van der Waals surface area contributed by atoms with Gasteiger partial charge in [0.1, 0.15) is 12.3 Å². The summed E-state index contributed by atoms with van der Waals surface area (Å²) in [5.41, 5.74) is 7.17. The predicted octanol–water partition coefficient (Wildman–Crippen LogP) is 1.43. The van der Waals surface area contributed by atoms with Crippen molar-refractivity contribution in [1.82, 2.24) is 10.2 Å². The minimum absolute atomic E-state index is 0.145. The number of furan rings is 1. The molecule has 1 atom stereocenters. The molecule has 24 heavy (non-hydrogen) atoms. The summed E-state index contributed by atoms with van der Waals surface area (Å²) in [6.07, 6.45) is 3.51. The Bertz CT molecular complexity index is 641. The van der Waals surface area contributed by atoms with Gasteiger partial charge in [-0.15, -0.1) is 0 Å². The smallest absolute Gasteiger partial charge is 0.255 e. The van der Waals surface area contributed by atoms with Crippen LogP contribution in [0.4, 0.5) is 0 Å². The molecule has 0 saturated carbocycles. The van der Waals surface area contributed by atoms with Crippen molar-refractivity contribution in [1.29, 1.82) is 0 Å². The summed E-state index contributed by atoms with van der Waals surface area (Å²) in [5, 5.41) is 2.69. The molecule has 0 bridgehead atoms. The second-order valence-electron chi connectivity index (χ2n) is 5.56. The molecular formula is C18H23N3O3. The Morgan fingerprint density at radius 3 is 2.58 bits per heavy atom. The summed E-state index contributed by atoms with van der Waals surface area (Å²) in [5.74, 6) is -0.478. The molecule has 1 heterocycles. The van der Waals surface area contributed by atoms with Crippen molar-refractivity contribution >= 4 is 11.8 Å². The normalized spacial score (nSPS) is 11.8. The Hall–Kier alpha value is -2.60. The van der Waals surface area contributed by atoms with Crippen molar-refractivity contribution in [2.45, 2.75) is 19.4 Å². The number of benzene rings is 1. The Morgan fingerprint density at radius 2 is 1.96 bits per heavy atom. The topological polar surface area (TPSA) is 88.6 Å². The van der Waals surface area contributed by atoms with Gasteiger partial charge in [0.25, 0.3) is 5.91 Å². The van der Waals surface area contributed by atoms with E-state index in [1.54, 1.807) is 17.9 Å². The summed E-state index contributed by atoms with van der Waals surface area (Å²) in [7, 11) is 0. The molecule has 128 valence electrons. The number of amides is 2. The maximum Gasteiger partial charge on any atom is 0.255 e. The number of carbonyl (C=O) groups is 2. The van der Waals surface area contributed by atoms with Crippen LogP contribution in [0.25, 0.3) is 0 Å². The first-order chi connectivity index (χ1) is 11.6. The lowest BCUT2D eigenvalue weighted by Gasteiger charge is -2.25. The molecule has 6 heteroatoms. The molecule has 6 nitrogen and oxygen atoms in total. The van der Waals surface area contributed by atoms with Crippen LogP contribution >= 0.6 is 0 Å². The van der Waals surface area contributed by atoms with Crippen molar-refractivity contribution in [3.8, 4) is 0 Å². The standard InChI is InChI=1S/C18H23N3O3/c1-14(20-17(22)16-8-12-24-13-16)18(23)21(11-9-19)10-7-15-5-3-2-4-6-15/h2-6,8,12-14H,7,9-11,19H2,1H3,(H,20,22). The van der Waals surface area contributed by atoms with Gasteiger partial charge < -0.3 is 20.4 Å². The van der Waals surface area contributed by atoms with Crippen LogP contribution in [0.15, 0.2) is 53.3 Å². The number of hydrogen-bond donors (Lipinski definition) is 2. The van der Waals surface area contributed by atoms with E-state index < -0.39 is 6.04 Å². The van der Waals surface area contributed by atoms with Gasteiger partial charge in [0, 0.05) is 19.6 Å². The first-order valence-electron chi connectivity index (χ1n) is 7.97. The molecule has 1 aromatic heterocycles. The van der Waals surface area contributed by atoms with Gasteiger partial charge in [-0.2, -0.15) is 0 Å². The molecule has 0 aliphatic rings. The fraction of sp³-hybridized carbons (Fsp3) is 0.333. The monoisotopic (exact) mass is 329 g/mol. The number of nitrogens with zero attached hydrogens (tertiary/aromatic N) is 1. The second kappa shape index (κ2) is 8.88. The molecule has 2 aromatic rings. The SMILES string of the molecule is CC(NC(=O)c1ccoc1)C(=O)N(CCN)CCc1ccccc1. The summed E-state index contributed by atoms with van der Waals surface area (Å²) in [6, 6.07) is 10.9. The molecule has 1 aromatic carbocycles. The summed E-state index contributed by atoms with van der Waals surface area (Å²) in [4.78, 5) is 26.3. The first-order valence-corrected chi connectivity index (χ1v) is 7.97. The van der Waals surface area contributed by atoms with E-state index in [1.165, 1.54) is 12.5 Å². The maximum atomic E-state index is 12.6. The molecule has 2 amide bonds. The van der Waals surface area contributed by atoms with Crippen molar-refractivity contribution in [2.24, 2.45) is 5.73 Å². The average Bonchev–Trinajstić information content (AvgIpc) is 3.13. The number of hydrogen-bond acceptors (Lipinski definition) is 4. The molecule has 3 N–H and O–H groups in total. The number of nitrogens with one attached hydrogen (secondary N) is 1. The lowest BCUT2D eigenvalue weighted by Crippen LogP contribution is -2.48. The quantitative estimate of drug-likeness (QED) is 0.767. The molecule has 0 aliphatic heterocycles. The highest BCUT2D eigenvalue weighted by Crippen LogP contribution is 2.05. The fourth-order valence-corrected chi connectivity index (χ4v) is 2.41. The first kappa shape index (κ1) is 17.7. The van der Waals surface area contributed by atoms with Crippen molar-refractivity contribution < 1.29 is 14.0 Å². The van der Waals surface area contributed by atoms with Crippen LogP contribution < -0.4 is 11.1 Å². The largest absolute Gasteiger partial charge is 0.472 e. The van der Waals surface area contributed by atoms with E-state index >= 15 is 0 Å². The Kier molecular flexibility index (Phi) is 6.57. The lowest BCUT2D eigenvalue weighted by atomic mass is 10.1. The third-order valence-corrected chi connectivity index (χ3v) is 3.73. The zero-order chi connectivity index (χ0) is 17.4. The van der Waals surface area contributed by atoms with Crippen molar-refractivity contribution in [3.05, 3.63) is 60.1 Å². The van der Waals surface area contributed by atoms with Crippen LogP contribution in [0.1, 0.15) is 22.8 Å². The molecule has 2 rings (SSSR count). The van der Waals surface area contributed by atoms with E-state index in [2.05, 4.69) is 5.32 Å². The van der Waals surface area contributed by atoms with Gasteiger partial charge >= 0.3 is 0 Å². The van der Waals surface area contributed by atoms with Crippen LogP contribution in [-0.2, 0) is 11.2 Å². The van der Waals surface area contributed by atoms with E-state index in [4.69, 9.17) is 10.2 Å². The van der Waals surface area contributed by atoms with Gasteiger partial charge in [0.2, 0.25) is 5.91 Å². The molecular weight excluding hydrogens is 306 g/mol. The van der Waals surface area contributed by atoms with Gasteiger partial charge in [-0.3, -0.25) is 9.59 Å². The fourth-order valence-electron chi connectivity index (χ4n) is 2.41. The lowest BCUT2D eigenvalue weighted by molar-refractivity contribution is -0.132. The average molecular weight is 329 g/mol. The predicted molar refractivity (Wildman–Crippen MR) is 91.4 cm³/mol. The summed E-state index contributed by atoms with van der Waals surface area (Å²) >= 11 is 0. The molecule has 0 aliphatic carbocycles. The van der Waals surface area contributed by atoms with Gasteiger partial charge in [0.15, 0.2) is 0 Å². The van der Waals surface area contributed by atoms with E-state index in [1.807, 2.05) is 30.3 Å². The van der Waals surface area contributed by atoms with Gasteiger partial charge in [-0.05, 0) is 25.0 Å². The Balaban J connectivity index is 1.93. The minimum atomic E-state index is -0.630. The van der Waals surface area contributed by atoms with E-state index in [0.717, 1.165) is 12.0 Å².